The number of alkyl halides is 9. The van der Waals surface area contributed by atoms with E-state index in [0.717, 1.165) is 39.8 Å². The summed E-state index contributed by atoms with van der Waals surface area (Å²) in [5.41, 5.74) is -4.70. The Morgan fingerprint density at radius 1 is 1.03 bits per heavy atom. The number of fused-ring (bicyclic) bond motifs is 5. The predicted octanol–water partition coefficient (Wildman–Crippen LogP) is 6.99. The molecule has 0 saturated heterocycles. The Hall–Kier alpha value is -6.05. The van der Waals surface area contributed by atoms with Gasteiger partial charge in [-0.3, -0.25) is 28.2 Å². The molecule has 2 aromatic carbocycles. The smallest absolute Gasteiger partial charge is 0.456 e. The quantitative estimate of drug-likeness (QED) is 0.116. The molecule has 8 rings (SSSR count). The van der Waals surface area contributed by atoms with Gasteiger partial charge in [0.25, 0.3) is 17.9 Å². The van der Waals surface area contributed by atoms with Gasteiger partial charge in [0.15, 0.2) is 18.1 Å². The fourth-order valence-electron chi connectivity index (χ4n) is 7.77. The van der Waals surface area contributed by atoms with Crippen molar-refractivity contribution in [2.24, 2.45) is 13.0 Å². The zero-order valence-corrected chi connectivity index (χ0v) is 33.9. The number of hydrogen-bond donors (Lipinski definition) is 2. The van der Waals surface area contributed by atoms with E-state index in [0.29, 0.717) is 10.7 Å². The maximum Gasteiger partial charge on any atom is 0.456 e. The third-order valence-corrected chi connectivity index (χ3v) is 11.3. The Morgan fingerprint density at radius 2 is 1.72 bits per heavy atom. The summed E-state index contributed by atoms with van der Waals surface area (Å²) >= 11 is 6.51. The maximum atomic E-state index is 15.5. The third kappa shape index (κ3) is 7.93. The topological polar surface area (TPSA) is 168 Å². The first kappa shape index (κ1) is 44.6. The van der Waals surface area contributed by atoms with Crippen molar-refractivity contribution in [3.05, 3.63) is 97.8 Å². The second kappa shape index (κ2) is 15.3. The van der Waals surface area contributed by atoms with E-state index in [1.807, 2.05) is 0 Å². The number of halogens is 12. The second-order valence-electron chi connectivity index (χ2n) is 15.0. The zero-order valence-electron chi connectivity index (χ0n) is 32.3. The molecule has 3 atom stereocenters. The Balaban J connectivity index is 1.33. The van der Waals surface area contributed by atoms with Gasteiger partial charge in [-0.25, -0.2) is 31.0 Å². The highest BCUT2D eigenvalue weighted by Gasteiger charge is 2.67. The first-order valence-electron chi connectivity index (χ1n) is 18.4. The van der Waals surface area contributed by atoms with Crippen LogP contribution >= 0.6 is 11.6 Å². The number of hydrogen-bond acceptors (Lipinski definition) is 9. The van der Waals surface area contributed by atoms with Crippen LogP contribution in [-0.2, 0) is 40.8 Å². The number of amides is 1. The first-order chi connectivity index (χ1) is 29.8. The standard InChI is InChI=1S/C37H27ClF11N9O5S/c1-56-28-22(5-4-20(38)26(28)32(54-56)55-64(2,61)62)58-33(52-31-17(34(58)60)3-6-24(51-31)63-13-35(43,44)37(47,48)49)21(9-14-7-15(39)10-16(40)8-14)50-23(59)12-57-29-25(27(53-57)30(41)42)18-11-19(18)36(29,45)46/h3-8,10,18-19,21,30H,9,11-13H2,1-2H3,(H,50,59)(H,54,55)/t18-,19+,21-/m0/s1. The van der Waals surface area contributed by atoms with Crippen LogP contribution in [0.2, 0.25) is 5.02 Å². The van der Waals surface area contributed by atoms with Crippen molar-refractivity contribution in [1.29, 1.82) is 0 Å². The number of nitrogens with one attached hydrogen (secondary N) is 2. The van der Waals surface area contributed by atoms with Gasteiger partial charge in [-0.2, -0.15) is 45.9 Å². The lowest BCUT2D eigenvalue weighted by Gasteiger charge is -2.24. The van der Waals surface area contributed by atoms with Crippen molar-refractivity contribution >= 4 is 55.3 Å². The second-order valence-corrected chi connectivity index (χ2v) is 17.2. The molecule has 2 aliphatic rings. The van der Waals surface area contributed by atoms with Crippen LogP contribution in [-0.4, -0.2) is 73.4 Å². The van der Waals surface area contributed by atoms with E-state index in [9.17, 15) is 57.5 Å². The maximum absolute atomic E-state index is 15.5. The Kier molecular flexibility index (Phi) is 10.7. The van der Waals surface area contributed by atoms with E-state index in [-0.39, 0.29) is 39.4 Å². The van der Waals surface area contributed by atoms with E-state index in [2.05, 4.69) is 34.9 Å². The fourth-order valence-corrected chi connectivity index (χ4v) is 8.51. The Labute approximate surface area is 356 Å². The molecule has 27 heteroatoms. The van der Waals surface area contributed by atoms with Crippen LogP contribution in [0.25, 0.3) is 27.6 Å². The molecule has 0 unspecified atom stereocenters. The van der Waals surface area contributed by atoms with Gasteiger partial charge < -0.3 is 10.1 Å². The van der Waals surface area contributed by atoms with Crippen LogP contribution in [0.3, 0.4) is 0 Å². The number of rotatable bonds is 13. The van der Waals surface area contributed by atoms with Crippen molar-refractivity contribution in [2.45, 2.75) is 55.8 Å². The van der Waals surface area contributed by atoms with E-state index in [1.54, 1.807) is 0 Å². The van der Waals surface area contributed by atoms with Crippen molar-refractivity contribution in [1.82, 2.24) is 39.4 Å². The number of ether oxygens (including phenoxy) is 1. The molecule has 1 saturated carbocycles. The molecule has 4 aromatic heterocycles. The minimum Gasteiger partial charge on any atom is -0.471 e. The van der Waals surface area contributed by atoms with Crippen LogP contribution in [0, 0.1) is 17.6 Å². The van der Waals surface area contributed by atoms with Crippen LogP contribution in [0.15, 0.2) is 47.3 Å². The molecule has 0 spiro atoms. The number of nitrogens with zero attached hydrogens (tertiary/aromatic N) is 7. The molecule has 14 nitrogen and oxygen atoms in total. The molecule has 64 heavy (non-hydrogen) atoms. The Morgan fingerprint density at radius 3 is 2.36 bits per heavy atom. The number of pyridine rings is 1. The molecule has 0 radical (unpaired) electrons. The van der Waals surface area contributed by atoms with Gasteiger partial charge in [0, 0.05) is 37.1 Å². The van der Waals surface area contributed by atoms with Gasteiger partial charge in [-0.1, -0.05) is 11.6 Å². The van der Waals surface area contributed by atoms with Gasteiger partial charge in [0.05, 0.1) is 39.3 Å². The highest BCUT2D eigenvalue weighted by atomic mass is 35.5. The van der Waals surface area contributed by atoms with Gasteiger partial charge in [0.2, 0.25) is 21.8 Å². The number of carbonyl (C=O) groups is 1. The summed E-state index contributed by atoms with van der Waals surface area (Å²) in [6.45, 7) is -3.42. The van der Waals surface area contributed by atoms with Crippen molar-refractivity contribution in [2.75, 3.05) is 17.6 Å². The lowest BCUT2D eigenvalue weighted by atomic mass is 10.0. The molecular formula is C37H27ClF11N9O5S. The summed E-state index contributed by atoms with van der Waals surface area (Å²) in [5, 5.41) is 9.50. The van der Waals surface area contributed by atoms with Crippen LogP contribution in [0.4, 0.5) is 54.1 Å². The predicted molar refractivity (Wildman–Crippen MR) is 202 cm³/mol. The fraction of sp³-hybridized carbons (Fsp3) is 0.351. The summed E-state index contributed by atoms with van der Waals surface area (Å²) in [7, 11) is -2.72. The molecule has 0 bridgehead atoms. The molecule has 2 N–H and O–H groups in total. The van der Waals surface area contributed by atoms with E-state index in [4.69, 9.17) is 11.6 Å². The van der Waals surface area contributed by atoms with Crippen molar-refractivity contribution in [3.8, 4) is 11.6 Å². The number of sulfonamides is 1. The van der Waals surface area contributed by atoms with Gasteiger partial charge in [0.1, 0.15) is 35.4 Å². The molecule has 1 amide bonds. The lowest BCUT2D eigenvalue weighted by molar-refractivity contribution is -0.290. The zero-order chi connectivity index (χ0) is 46.6. The summed E-state index contributed by atoms with van der Waals surface area (Å²) < 4.78 is 189. The molecule has 6 aromatic rings. The van der Waals surface area contributed by atoms with E-state index in [1.165, 1.54) is 19.2 Å². The van der Waals surface area contributed by atoms with Crippen LogP contribution in [0.1, 0.15) is 53.1 Å². The number of anilines is 1. The van der Waals surface area contributed by atoms with Crippen molar-refractivity contribution < 1.29 is 66.2 Å². The largest absolute Gasteiger partial charge is 0.471 e. The molecular weight excluding hydrogens is 927 g/mol. The highest BCUT2D eigenvalue weighted by molar-refractivity contribution is 7.92. The average molecular weight is 954 g/mol. The van der Waals surface area contributed by atoms with Gasteiger partial charge in [-0.05, 0) is 48.2 Å². The van der Waals surface area contributed by atoms with Gasteiger partial charge in [-0.15, -0.1) is 0 Å². The summed E-state index contributed by atoms with van der Waals surface area (Å²) in [6, 6.07) is 4.36. The number of aryl methyl sites for hydroxylation is 1. The van der Waals surface area contributed by atoms with Gasteiger partial charge >= 0.3 is 12.1 Å². The number of aromatic nitrogens is 7. The lowest BCUT2D eigenvalue weighted by Crippen LogP contribution is -2.41. The molecule has 1 fully saturated rings. The number of benzene rings is 2. The first-order valence-corrected chi connectivity index (χ1v) is 20.7. The monoisotopic (exact) mass is 953 g/mol. The minimum absolute atomic E-state index is 0.0962. The molecule has 2 aliphatic carbocycles. The third-order valence-electron chi connectivity index (χ3n) is 10.5. The minimum atomic E-state index is -6.04. The molecule has 0 aliphatic heterocycles. The van der Waals surface area contributed by atoms with E-state index < -0.39 is 135 Å². The highest BCUT2D eigenvalue weighted by Crippen LogP contribution is 2.68. The Bertz CT molecular complexity index is 3070. The SMILES string of the molecule is Cn1nc(NS(C)(=O)=O)c2c(Cl)ccc(-n3c([C@H](Cc4cc(F)cc(F)c4)NC(=O)Cn4nc(C(F)F)c5c4C(F)(F)[C@@H]4C[C@H]54)nc4nc(OCC(F)(F)C(F)(F)F)ccc4c3=O)c21. The van der Waals surface area contributed by atoms with Crippen molar-refractivity contribution in [3.63, 3.8) is 0 Å². The molecule has 340 valence electrons. The average Bonchev–Trinajstić information content (AvgIpc) is 3.71. The normalized spacial score (nSPS) is 17.5. The summed E-state index contributed by atoms with van der Waals surface area (Å²) in [4.78, 5) is 36.9. The van der Waals surface area contributed by atoms with Crippen LogP contribution < -0.4 is 20.3 Å². The summed E-state index contributed by atoms with van der Waals surface area (Å²) in [5.74, 6) is -16.7. The number of carbonyl (C=O) groups excluding carboxylic acids is 1. The molecule has 4 heterocycles. The van der Waals surface area contributed by atoms with E-state index >= 15 is 8.78 Å². The van der Waals surface area contributed by atoms with Crippen LogP contribution in [0.5, 0.6) is 5.88 Å². The summed E-state index contributed by atoms with van der Waals surface area (Å²) in [6.07, 6.45) is -9.35.